The Kier molecular flexibility index (Phi) is 5.98. The highest BCUT2D eigenvalue weighted by atomic mass is 35.5. The number of amides is 1. The van der Waals surface area contributed by atoms with Crippen LogP contribution in [0.1, 0.15) is 43.0 Å². The summed E-state index contributed by atoms with van der Waals surface area (Å²) in [7, 11) is 0. The van der Waals surface area contributed by atoms with Crippen LogP contribution in [0.4, 0.5) is 0 Å². The second-order valence-electron chi connectivity index (χ2n) is 6.00. The van der Waals surface area contributed by atoms with Gasteiger partial charge in [-0.25, -0.2) is 0 Å². The Morgan fingerprint density at radius 2 is 1.95 bits per heavy atom. The fourth-order valence-corrected chi connectivity index (χ4v) is 2.72. The summed E-state index contributed by atoms with van der Waals surface area (Å²) in [4.78, 5) is 24.4. The molecule has 1 fully saturated rings. The Morgan fingerprint density at radius 3 is 2.50 bits per heavy atom. The zero-order valence-electron chi connectivity index (χ0n) is 12.7. The molecule has 0 heterocycles. The lowest BCUT2D eigenvalue weighted by molar-refractivity contribution is -0.122. The topological polar surface area (TPSA) is 66.4 Å². The second-order valence-corrected chi connectivity index (χ2v) is 6.44. The lowest BCUT2D eigenvalue weighted by Crippen LogP contribution is -2.38. The fourth-order valence-electron chi connectivity index (χ4n) is 2.60. The molecule has 4 nitrogen and oxygen atoms in total. The fraction of sp³-hybridized carbons (Fsp3) is 0.529. The van der Waals surface area contributed by atoms with Gasteiger partial charge in [0.25, 0.3) is 0 Å². The van der Waals surface area contributed by atoms with E-state index in [1.165, 1.54) is 0 Å². The van der Waals surface area contributed by atoms with Gasteiger partial charge in [0, 0.05) is 35.6 Å². The van der Waals surface area contributed by atoms with Crippen molar-refractivity contribution in [1.82, 2.24) is 5.32 Å². The first kappa shape index (κ1) is 17.0. The maximum absolute atomic E-state index is 12.3. The minimum Gasteiger partial charge on any atom is -0.396 e. The standard InChI is InChI=1S/C17H22ClNO3/c1-11(17(22)13-4-6-14(18)7-5-13)10-16(21)19-15(8-9-20)12-2-3-12/h4-7,11-12,15,20H,2-3,8-10H2,1H3,(H,19,21). The molecular formula is C17H22ClNO3. The van der Waals surface area contributed by atoms with Crippen LogP contribution in [0.5, 0.6) is 0 Å². The van der Waals surface area contributed by atoms with Crippen LogP contribution in [-0.2, 0) is 4.79 Å². The van der Waals surface area contributed by atoms with Gasteiger partial charge in [-0.2, -0.15) is 0 Å². The maximum Gasteiger partial charge on any atom is 0.220 e. The summed E-state index contributed by atoms with van der Waals surface area (Å²) < 4.78 is 0. The van der Waals surface area contributed by atoms with Crippen molar-refractivity contribution in [2.45, 2.75) is 38.6 Å². The molecule has 120 valence electrons. The number of carbonyl (C=O) groups excluding carboxylic acids is 2. The van der Waals surface area contributed by atoms with Gasteiger partial charge in [0.15, 0.2) is 5.78 Å². The minimum absolute atomic E-state index is 0.0373. The number of nitrogens with one attached hydrogen (secondary N) is 1. The highest BCUT2D eigenvalue weighted by molar-refractivity contribution is 6.30. The summed E-state index contributed by atoms with van der Waals surface area (Å²) in [6, 6.07) is 6.74. The zero-order valence-corrected chi connectivity index (χ0v) is 13.5. The van der Waals surface area contributed by atoms with E-state index >= 15 is 0 Å². The molecule has 22 heavy (non-hydrogen) atoms. The normalized spacial score (nSPS) is 16.9. The highest BCUT2D eigenvalue weighted by Crippen LogP contribution is 2.34. The monoisotopic (exact) mass is 323 g/mol. The molecule has 1 aromatic rings. The van der Waals surface area contributed by atoms with Gasteiger partial charge in [-0.1, -0.05) is 18.5 Å². The van der Waals surface area contributed by atoms with Crippen LogP contribution < -0.4 is 5.32 Å². The molecule has 0 bridgehead atoms. The number of Topliss-reactive ketones (excluding diaryl/α,β-unsaturated/α-hetero) is 1. The molecule has 1 aliphatic carbocycles. The Bertz CT molecular complexity index is 525. The zero-order chi connectivity index (χ0) is 16.1. The number of benzene rings is 1. The van der Waals surface area contributed by atoms with E-state index in [1.807, 2.05) is 0 Å². The van der Waals surface area contributed by atoms with Crippen LogP contribution in [0.2, 0.25) is 5.02 Å². The number of hydrogen-bond acceptors (Lipinski definition) is 3. The van der Waals surface area contributed by atoms with Crippen LogP contribution in [0, 0.1) is 11.8 Å². The molecule has 0 radical (unpaired) electrons. The van der Waals surface area contributed by atoms with E-state index in [9.17, 15) is 9.59 Å². The lowest BCUT2D eigenvalue weighted by Gasteiger charge is -2.18. The van der Waals surface area contributed by atoms with Crippen LogP contribution in [0.3, 0.4) is 0 Å². The van der Waals surface area contributed by atoms with Crippen molar-refractivity contribution in [1.29, 1.82) is 0 Å². The van der Waals surface area contributed by atoms with Gasteiger partial charge in [0.1, 0.15) is 0 Å². The summed E-state index contributed by atoms with van der Waals surface area (Å²) in [5, 5.41) is 12.6. The van der Waals surface area contributed by atoms with E-state index < -0.39 is 0 Å². The molecule has 2 unspecified atom stereocenters. The molecule has 2 atom stereocenters. The van der Waals surface area contributed by atoms with E-state index in [-0.39, 0.29) is 36.7 Å². The number of ketones is 1. The molecule has 0 aliphatic heterocycles. The molecule has 2 N–H and O–H groups in total. The van der Waals surface area contributed by atoms with Gasteiger partial charge < -0.3 is 10.4 Å². The van der Waals surface area contributed by atoms with Crippen molar-refractivity contribution >= 4 is 23.3 Å². The average molecular weight is 324 g/mol. The van der Waals surface area contributed by atoms with E-state index in [1.54, 1.807) is 31.2 Å². The van der Waals surface area contributed by atoms with Gasteiger partial charge in [-0.05, 0) is 49.4 Å². The van der Waals surface area contributed by atoms with Gasteiger partial charge in [0.2, 0.25) is 5.91 Å². The number of carbonyl (C=O) groups is 2. The summed E-state index contributed by atoms with van der Waals surface area (Å²) >= 11 is 5.81. The van der Waals surface area contributed by atoms with E-state index in [4.69, 9.17) is 16.7 Å². The molecule has 1 aliphatic rings. The van der Waals surface area contributed by atoms with E-state index in [2.05, 4.69) is 5.32 Å². The third kappa shape index (κ3) is 4.82. The van der Waals surface area contributed by atoms with Crippen molar-refractivity contribution < 1.29 is 14.7 Å². The summed E-state index contributed by atoms with van der Waals surface area (Å²) in [6.07, 6.45) is 2.94. The van der Waals surface area contributed by atoms with Crippen molar-refractivity contribution in [3.8, 4) is 0 Å². The molecule has 1 amide bonds. The molecule has 1 aromatic carbocycles. The summed E-state index contributed by atoms with van der Waals surface area (Å²) in [5.74, 6) is -0.0781. The number of halogens is 1. The predicted molar refractivity (Wildman–Crippen MR) is 85.9 cm³/mol. The molecular weight excluding hydrogens is 302 g/mol. The first-order valence-corrected chi connectivity index (χ1v) is 8.09. The third-order valence-corrected chi connectivity index (χ3v) is 4.30. The number of aliphatic hydroxyl groups excluding tert-OH is 1. The van der Waals surface area contributed by atoms with E-state index in [0.717, 1.165) is 12.8 Å². The molecule has 0 spiro atoms. The van der Waals surface area contributed by atoms with Crippen molar-refractivity contribution in [2.75, 3.05) is 6.61 Å². The van der Waals surface area contributed by atoms with Gasteiger partial charge in [-0.3, -0.25) is 9.59 Å². The van der Waals surface area contributed by atoms with E-state index in [0.29, 0.717) is 22.9 Å². The van der Waals surface area contributed by atoms with Crippen LogP contribution in [-0.4, -0.2) is 29.4 Å². The SMILES string of the molecule is CC(CC(=O)NC(CCO)C1CC1)C(=O)c1ccc(Cl)cc1. The first-order valence-electron chi connectivity index (χ1n) is 7.71. The van der Waals surface area contributed by atoms with Crippen LogP contribution in [0.15, 0.2) is 24.3 Å². The molecule has 0 aromatic heterocycles. The molecule has 1 saturated carbocycles. The first-order chi connectivity index (χ1) is 10.5. The number of aliphatic hydroxyl groups is 1. The number of hydrogen-bond donors (Lipinski definition) is 2. The van der Waals surface area contributed by atoms with Crippen molar-refractivity contribution in [3.05, 3.63) is 34.9 Å². The Morgan fingerprint density at radius 1 is 1.32 bits per heavy atom. The lowest BCUT2D eigenvalue weighted by atomic mass is 9.96. The average Bonchev–Trinajstić information content (AvgIpc) is 3.31. The number of rotatable bonds is 8. The molecule has 2 rings (SSSR count). The van der Waals surface area contributed by atoms with Crippen molar-refractivity contribution in [3.63, 3.8) is 0 Å². The Labute approximate surface area is 135 Å². The largest absolute Gasteiger partial charge is 0.396 e. The summed E-state index contributed by atoms with van der Waals surface area (Å²) in [5.41, 5.74) is 0.568. The Hall–Kier alpha value is -1.39. The predicted octanol–water partition coefficient (Wildman–Crippen LogP) is 2.83. The summed E-state index contributed by atoms with van der Waals surface area (Å²) in [6.45, 7) is 1.83. The van der Waals surface area contributed by atoms with Crippen molar-refractivity contribution in [2.24, 2.45) is 11.8 Å². The molecule has 0 saturated heterocycles. The van der Waals surface area contributed by atoms with Gasteiger partial charge in [-0.15, -0.1) is 0 Å². The third-order valence-electron chi connectivity index (χ3n) is 4.05. The highest BCUT2D eigenvalue weighted by Gasteiger charge is 2.32. The van der Waals surface area contributed by atoms with Crippen LogP contribution >= 0.6 is 11.6 Å². The maximum atomic E-state index is 12.3. The second kappa shape index (κ2) is 7.75. The molecule has 5 heteroatoms. The van der Waals surface area contributed by atoms with Gasteiger partial charge >= 0.3 is 0 Å². The Balaban J connectivity index is 1.87. The van der Waals surface area contributed by atoms with Gasteiger partial charge in [0.05, 0.1) is 0 Å². The minimum atomic E-state index is -0.379. The van der Waals surface area contributed by atoms with Crippen LogP contribution in [0.25, 0.3) is 0 Å². The smallest absolute Gasteiger partial charge is 0.220 e. The quantitative estimate of drug-likeness (QED) is 0.723.